The maximum absolute atomic E-state index is 11.6. The molecule has 3 heterocycles. The van der Waals surface area contributed by atoms with E-state index in [-0.39, 0.29) is 11.9 Å². The summed E-state index contributed by atoms with van der Waals surface area (Å²) in [5.74, 6) is 1.13. The zero-order chi connectivity index (χ0) is 22.1. The summed E-state index contributed by atoms with van der Waals surface area (Å²) in [6, 6.07) is 14.2. The fraction of sp³-hybridized carbons (Fsp3) is 0.423. The third-order valence-electron chi connectivity index (χ3n) is 6.41. The first-order chi connectivity index (χ1) is 15.6. The molecule has 2 aliphatic heterocycles. The first kappa shape index (κ1) is 21.4. The van der Waals surface area contributed by atoms with Crippen molar-refractivity contribution in [2.24, 2.45) is 4.99 Å². The predicted molar refractivity (Wildman–Crippen MR) is 130 cm³/mol. The van der Waals surface area contributed by atoms with Crippen molar-refractivity contribution in [1.82, 2.24) is 4.90 Å². The lowest BCUT2D eigenvalue weighted by atomic mass is 10.0. The van der Waals surface area contributed by atoms with E-state index in [1.165, 1.54) is 11.3 Å². The number of unbranched alkanes of at least 4 members (excludes halogenated alkanes) is 1. The van der Waals surface area contributed by atoms with Gasteiger partial charge in [0.25, 0.3) is 0 Å². The standard InChI is InChI=1S/C26H30N2O3S/c1-2-3-8-18-13-20-23-25(32-24(20)21(29)14-18)27-22(15-17-9-5-4-6-10-17)28(26(23)30)16-19-11-7-12-31-19/h4-6,9-10,13-14,19,26,29-30H,2-3,7-8,11-12,15-16H2,1H3. The smallest absolute Gasteiger partial charge is 0.157 e. The van der Waals surface area contributed by atoms with Gasteiger partial charge in [0.2, 0.25) is 0 Å². The van der Waals surface area contributed by atoms with Crippen molar-refractivity contribution in [3.8, 4) is 5.75 Å². The summed E-state index contributed by atoms with van der Waals surface area (Å²) in [5.41, 5.74) is 3.08. The first-order valence-corrected chi connectivity index (χ1v) is 12.4. The summed E-state index contributed by atoms with van der Waals surface area (Å²) in [7, 11) is 0. The molecule has 168 valence electrons. The molecule has 0 saturated carbocycles. The number of hydrogen-bond donors (Lipinski definition) is 2. The maximum Gasteiger partial charge on any atom is 0.157 e. The van der Waals surface area contributed by atoms with Gasteiger partial charge in [-0.1, -0.05) is 43.7 Å². The maximum atomic E-state index is 11.6. The molecule has 5 rings (SSSR count). The molecule has 2 atom stereocenters. The minimum Gasteiger partial charge on any atom is -0.506 e. The molecule has 0 radical (unpaired) electrons. The molecule has 2 N–H and O–H groups in total. The van der Waals surface area contributed by atoms with Crippen LogP contribution in [-0.2, 0) is 17.6 Å². The predicted octanol–water partition coefficient (Wildman–Crippen LogP) is 5.71. The van der Waals surface area contributed by atoms with Crippen LogP contribution in [0.2, 0.25) is 0 Å². The third kappa shape index (κ3) is 4.15. The number of aliphatic imine (C=N–C) groups is 1. The Bertz CT molecular complexity index is 1120. The molecule has 3 aromatic rings. The summed E-state index contributed by atoms with van der Waals surface area (Å²) in [4.78, 5) is 7.03. The molecule has 1 aromatic heterocycles. The molecular weight excluding hydrogens is 420 g/mol. The van der Waals surface area contributed by atoms with Crippen LogP contribution in [0.1, 0.15) is 55.5 Å². The summed E-state index contributed by atoms with van der Waals surface area (Å²) in [5, 5.41) is 24.0. The Morgan fingerprint density at radius 1 is 1.19 bits per heavy atom. The first-order valence-electron chi connectivity index (χ1n) is 11.6. The highest BCUT2D eigenvalue weighted by Crippen LogP contribution is 2.48. The number of thiophene rings is 1. The van der Waals surface area contributed by atoms with Crippen LogP contribution in [0.4, 0.5) is 5.00 Å². The number of rotatable bonds is 7. The van der Waals surface area contributed by atoms with Crippen molar-refractivity contribution < 1.29 is 14.9 Å². The van der Waals surface area contributed by atoms with Crippen LogP contribution in [0.25, 0.3) is 10.1 Å². The number of ether oxygens (including phenoxy) is 1. The Morgan fingerprint density at radius 3 is 2.78 bits per heavy atom. The van der Waals surface area contributed by atoms with Gasteiger partial charge in [0, 0.05) is 30.5 Å². The highest BCUT2D eigenvalue weighted by atomic mass is 32.1. The van der Waals surface area contributed by atoms with E-state index in [4.69, 9.17) is 9.73 Å². The van der Waals surface area contributed by atoms with Crippen LogP contribution >= 0.6 is 11.3 Å². The lowest BCUT2D eigenvalue weighted by Crippen LogP contribution is -2.42. The van der Waals surface area contributed by atoms with Crippen LogP contribution in [-0.4, -0.2) is 40.2 Å². The molecule has 5 nitrogen and oxygen atoms in total. The average molecular weight is 451 g/mol. The number of phenolic OH excluding ortho intramolecular Hbond substituents is 1. The molecule has 2 aromatic carbocycles. The number of benzene rings is 2. The van der Waals surface area contributed by atoms with E-state index in [1.54, 1.807) is 0 Å². The van der Waals surface area contributed by atoms with Crippen LogP contribution in [0, 0.1) is 0 Å². The molecule has 1 saturated heterocycles. The van der Waals surface area contributed by atoms with Gasteiger partial charge in [-0.05, 0) is 48.9 Å². The molecular formula is C26H30N2O3S. The number of amidine groups is 1. The van der Waals surface area contributed by atoms with E-state index in [1.807, 2.05) is 29.2 Å². The third-order valence-corrected chi connectivity index (χ3v) is 7.55. The SMILES string of the molecule is CCCCc1cc(O)c2sc3c(c2c1)C(O)N(CC1CCCO1)C(Cc1ccccc1)=N3. The summed E-state index contributed by atoms with van der Waals surface area (Å²) in [6.07, 6.45) is 5.10. The molecule has 0 aliphatic carbocycles. The Labute approximate surface area is 193 Å². The number of aryl methyl sites for hydroxylation is 1. The van der Waals surface area contributed by atoms with Gasteiger partial charge in [0.1, 0.15) is 16.6 Å². The van der Waals surface area contributed by atoms with E-state index in [0.29, 0.717) is 13.0 Å². The molecule has 0 bridgehead atoms. The van der Waals surface area contributed by atoms with E-state index < -0.39 is 6.23 Å². The topological polar surface area (TPSA) is 65.3 Å². The van der Waals surface area contributed by atoms with Gasteiger partial charge in [0.15, 0.2) is 6.23 Å². The number of fused-ring (bicyclic) bond motifs is 3. The highest BCUT2D eigenvalue weighted by molar-refractivity contribution is 7.23. The quantitative estimate of drug-likeness (QED) is 0.484. The van der Waals surface area contributed by atoms with Crippen molar-refractivity contribution in [2.75, 3.05) is 13.2 Å². The Balaban J connectivity index is 1.57. The minimum absolute atomic E-state index is 0.102. The van der Waals surface area contributed by atoms with Gasteiger partial charge >= 0.3 is 0 Å². The van der Waals surface area contributed by atoms with E-state index >= 15 is 0 Å². The highest BCUT2D eigenvalue weighted by Gasteiger charge is 2.34. The summed E-state index contributed by atoms with van der Waals surface area (Å²) in [6.45, 7) is 3.56. The monoisotopic (exact) mass is 450 g/mol. The lowest BCUT2D eigenvalue weighted by molar-refractivity contribution is 0.0109. The fourth-order valence-corrected chi connectivity index (χ4v) is 5.83. The van der Waals surface area contributed by atoms with E-state index in [0.717, 1.165) is 76.3 Å². The zero-order valence-electron chi connectivity index (χ0n) is 18.5. The van der Waals surface area contributed by atoms with Crippen LogP contribution < -0.4 is 0 Å². The molecule has 0 spiro atoms. The van der Waals surface area contributed by atoms with Gasteiger partial charge < -0.3 is 19.8 Å². The van der Waals surface area contributed by atoms with Crippen molar-refractivity contribution in [3.63, 3.8) is 0 Å². The number of aromatic hydroxyl groups is 1. The average Bonchev–Trinajstić information content (AvgIpc) is 3.44. The van der Waals surface area contributed by atoms with Crippen LogP contribution in [0.15, 0.2) is 47.5 Å². The summed E-state index contributed by atoms with van der Waals surface area (Å²) < 4.78 is 6.70. The second-order valence-electron chi connectivity index (χ2n) is 8.77. The van der Waals surface area contributed by atoms with Gasteiger partial charge in [-0.25, -0.2) is 4.99 Å². The molecule has 2 unspecified atom stereocenters. The normalized spacial score (nSPS) is 20.6. The Hall–Kier alpha value is -2.41. The molecule has 0 amide bonds. The lowest BCUT2D eigenvalue weighted by Gasteiger charge is -2.36. The van der Waals surface area contributed by atoms with Crippen LogP contribution in [0.3, 0.4) is 0 Å². The van der Waals surface area contributed by atoms with Gasteiger partial charge in [-0.3, -0.25) is 0 Å². The minimum atomic E-state index is -0.806. The number of phenols is 1. The fourth-order valence-electron chi connectivity index (χ4n) is 4.71. The van der Waals surface area contributed by atoms with Crippen molar-refractivity contribution in [1.29, 1.82) is 0 Å². The molecule has 1 fully saturated rings. The number of aliphatic hydroxyl groups is 1. The molecule has 2 aliphatic rings. The number of hydrogen-bond acceptors (Lipinski definition) is 6. The van der Waals surface area contributed by atoms with Crippen LogP contribution in [0.5, 0.6) is 5.75 Å². The molecule has 6 heteroatoms. The number of nitrogens with zero attached hydrogens (tertiary/aromatic N) is 2. The van der Waals surface area contributed by atoms with E-state index in [2.05, 4.69) is 25.1 Å². The van der Waals surface area contributed by atoms with E-state index in [9.17, 15) is 10.2 Å². The second kappa shape index (κ2) is 9.22. The largest absolute Gasteiger partial charge is 0.506 e. The Kier molecular flexibility index (Phi) is 6.17. The Morgan fingerprint density at radius 2 is 2.03 bits per heavy atom. The van der Waals surface area contributed by atoms with Crippen molar-refractivity contribution in [3.05, 3.63) is 59.2 Å². The zero-order valence-corrected chi connectivity index (χ0v) is 19.3. The molecule has 32 heavy (non-hydrogen) atoms. The van der Waals surface area contributed by atoms with Gasteiger partial charge in [-0.15, -0.1) is 11.3 Å². The van der Waals surface area contributed by atoms with Gasteiger partial charge in [-0.2, -0.15) is 0 Å². The van der Waals surface area contributed by atoms with Crippen molar-refractivity contribution in [2.45, 2.75) is 57.8 Å². The summed E-state index contributed by atoms with van der Waals surface area (Å²) >= 11 is 1.47. The number of aliphatic hydroxyl groups excluding tert-OH is 1. The second-order valence-corrected chi connectivity index (χ2v) is 9.77. The van der Waals surface area contributed by atoms with Gasteiger partial charge in [0.05, 0.1) is 10.8 Å². The van der Waals surface area contributed by atoms with Crippen molar-refractivity contribution >= 4 is 32.3 Å².